The van der Waals surface area contributed by atoms with Gasteiger partial charge in [-0.3, -0.25) is 0 Å². The summed E-state index contributed by atoms with van der Waals surface area (Å²) in [5.74, 6) is -0.268. The summed E-state index contributed by atoms with van der Waals surface area (Å²) < 4.78 is 28.7. The monoisotopic (exact) mass is 271 g/mol. The molecule has 1 rings (SSSR count). The molecule has 5 heteroatoms. The molecule has 0 radical (unpaired) electrons. The number of hydrogen-bond donors (Lipinski definition) is 1. The molecule has 1 aromatic carbocycles. The third kappa shape index (κ3) is 6.63. The zero-order valence-corrected chi connectivity index (χ0v) is 11.4. The maximum absolute atomic E-state index is 13.0. The van der Waals surface area contributed by atoms with Gasteiger partial charge in [-0.15, -0.1) is 0 Å². The number of hydrogen-bond acceptors (Lipinski definition) is 4. The normalized spacial score (nSPS) is 10.9. The van der Waals surface area contributed by atoms with E-state index >= 15 is 0 Å². The minimum absolute atomic E-state index is 0.268. The molecule has 2 N–H and O–H groups in total. The Bertz CT molecular complexity index is 361. The Kier molecular flexibility index (Phi) is 8.33. The second-order valence-electron chi connectivity index (χ2n) is 4.13. The van der Waals surface area contributed by atoms with Gasteiger partial charge in [0.05, 0.1) is 19.8 Å². The molecule has 0 aliphatic carbocycles. The van der Waals surface area contributed by atoms with Gasteiger partial charge in [-0.2, -0.15) is 0 Å². The predicted molar refractivity (Wildman–Crippen MR) is 71.3 cm³/mol. The first-order chi connectivity index (χ1) is 9.27. The Hall–Kier alpha value is -1.01. The van der Waals surface area contributed by atoms with Crippen LogP contribution in [-0.2, 0) is 27.4 Å². The van der Waals surface area contributed by atoms with Crippen LogP contribution in [0.3, 0.4) is 0 Å². The number of benzene rings is 1. The highest BCUT2D eigenvalue weighted by Gasteiger charge is 2.02. The van der Waals surface area contributed by atoms with Crippen molar-refractivity contribution in [2.24, 2.45) is 5.73 Å². The van der Waals surface area contributed by atoms with Crippen LogP contribution in [0, 0.1) is 5.82 Å². The quantitative estimate of drug-likeness (QED) is 0.660. The Morgan fingerprint density at radius 3 is 2.58 bits per heavy atom. The highest BCUT2D eigenvalue weighted by molar-refractivity contribution is 5.27. The van der Waals surface area contributed by atoms with Gasteiger partial charge in [0.1, 0.15) is 5.82 Å². The van der Waals surface area contributed by atoms with E-state index in [1.807, 2.05) is 0 Å². The molecule has 0 heterocycles. The van der Waals surface area contributed by atoms with Gasteiger partial charge in [0.15, 0.2) is 0 Å². The van der Waals surface area contributed by atoms with E-state index < -0.39 is 0 Å². The van der Waals surface area contributed by atoms with Crippen LogP contribution < -0.4 is 5.73 Å². The fourth-order valence-corrected chi connectivity index (χ4v) is 1.61. The molecule has 0 atom stereocenters. The molecule has 108 valence electrons. The van der Waals surface area contributed by atoms with Crippen LogP contribution in [0.15, 0.2) is 18.2 Å². The fourth-order valence-electron chi connectivity index (χ4n) is 1.61. The average Bonchev–Trinajstić information content (AvgIpc) is 2.43. The largest absolute Gasteiger partial charge is 0.382 e. The van der Waals surface area contributed by atoms with E-state index in [4.69, 9.17) is 19.9 Å². The standard InChI is InChI=1S/C14H22FNO3/c1-17-7-8-18-5-2-6-19-11-12-3-4-14(15)9-13(12)10-16/h3-4,9H,2,5-8,10-11,16H2,1H3. The van der Waals surface area contributed by atoms with Crippen LogP contribution in [0.2, 0.25) is 0 Å². The van der Waals surface area contributed by atoms with E-state index in [-0.39, 0.29) is 5.82 Å². The lowest BCUT2D eigenvalue weighted by atomic mass is 10.1. The van der Waals surface area contributed by atoms with E-state index in [1.54, 1.807) is 13.2 Å². The molecular weight excluding hydrogens is 249 g/mol. The maximum atomic E-state index is 13.0. The number of rotatable bonds is 10. The molecule has 0 spiro atoms. The van der Waals surface area contributed by atoms with Gasteiger partial charge >= 0.3 is 0 Å². The van der Waals surface area contributed by atoms with E-state index in [0.29, 0.717) is 39.6 Å². The van der Waals surface area contributed by atoms with Gasteiger partial charge in [0.2, 0.25) is 0 Å². The van der Waals surface area contributed by atoms with Crippen molar-refractivity contribution in [3.63, 3.8) is 0 Å². The van der Waals surface area contributed by atoms with E-state index in [0.717, 1.165) is 17.5 Å². The van der Waals surface area contributed by atoms with Gasteiger partial charge in [-0.05, 0) is 29.7 Å². The van der Waals surface area contributed by atoms with E-state index in [9.17, 15) is 4.39 Å². The van der Waals surface area contributed by atoms with Crippen LogP contribution in [0.5, 0.6) is 0 Å². The molecule has 0 aliphatic heterocycles. The van der Waals surface area contributed by atoms with Crippen molar-refractivity contribution in [2.45, 2.75) is 19.6 Å². The number of methoxy groups -OCH3 is 1. The number of ether oxygens (including phenoxy) is 3. The molecular formula is C14H22FNO3. The van der Waals surface area contributed by atoms with Gasteiger partial charge < -0.3 is 19.9 Å². The molecule has 0 fully saturated rings. The van der Waals surface area contributed by atoms with Crippen LogP contribution in [0.1, 0.15) is 17.5 Å². The van der Waals surface area contributed by atoms with Crippen molar-refractivity contribution in [3.05, 3.63) is 35.1 Å². The summed E-state index contributed by atoms with van der Waals surface area (Å²) in [7, 11) is 1.64. The summed E-state index contributed by atoms with van der Waals surface area (Å²) in [6.07, 6.45) is 0.822. The maximum Gasteiger partial charge on any atom is 0.123 e. The molecule has 0 saturated heterocycles. The molecule has 1 aromatic rings. The van der Waals surface area contributed by atoms with Gasteiger partial charge in [0.25, 0.3) is 0 Å². The van der Waals surface area contributed by atoms with E-state index in [1.165, 1.54) is 12.1 Å². The predicted octanol–water partition coefficient (Wildman–Crippen LogP) is 1.85. The summed E-state index contributed by atoms with van der Waals surface area (Å²) in [4.78, 5) is 0. The van der Waals surface area contributed by atoms with Crippen molar-refractivity contribution in [1.82, 2.24) is 0 Å². The Morgan fingerprint density at radius 1 is 1.05 bits per heavy atom. The lowest BCUT2D eigenvalue weighted by molar-refractivity contribution is 0.0482. The lowest BCUT2D eigenvalue weighted by Gasteiger charge is -2.09. The van der Waals surface area contributed by atoms with Crippen LogP contribution in [-0.4, -0.2) is 33.5 Å². The molecule has 0 unspecified atom stereocenters. The smallest absolute Gasteiger partial charge is 0.123 e. The first-order valence-electron chi connectivity index (χ1n) is 6.39. The van der Waals surface area contributed by atoms with Crippen molar-refractivity contribution in [2.75, 3.05) is 33.5 Å². The third-order valence-electron chi connectivity index (χ3n) is 2.65. The van der Waals surface area contributed by atoms with Crippen molar-refractivity contribution in [1.29, 1.82) is 0 Å². The zero-order chi connectivity index (χ0) is 13.9. The summed E-state index contributed by atoms with van der Waals surface area (Å²) in [5, 5.41) is 0. The first kappa shape index (κ1) is 16.0. The zero-order valence-electron chi connectivity index (χ0n) is 11.4. The highest BCUT2D eigenvalue weighted by atomic mass is 19.1. The summed E-state index contributed by atoms with van der Waals surface area (Å²) in [6, 6.07) is 4.59. The molecule has 4 nitrogen and oxygen atoms in total. The number of halogens is 1. The van der Waals surface area contributed by atoms with E-state index in [2.05, 4.69) is 0 Å². The van der Waals surface area contributed by atoms with Gasteiger partial charge in [-0.25, -0.2) is 4.39 Å². The Balaban J connectivity index is 2.15. The van der Waals surface area contributed by atoms with Crippen molar-refractivity contribution in [3.8, 4) is 0 Å². The molecule has 0 amide bonds. The van der Waals surface area contributed by atoms with Crippen molar-refractivity contribution < 1.29 is 18.6 Å². The van der Waals surface area contributed by atoms with Crippen LogP contribution in [0.25, 0.3) is 0 Å². The highest BCUT2D eigenvalue weighted by Crippen LogP contribution is 2.12. The summed E-state index contributed by atoms with van der Waals surface area (Å²) >= 11 is 0. The molecule has 0 bridgehead atoms. The van der Waals surface area contributed by atoms with Crippen LogP contribution >= 0.6 is 0 Å². The minimum Gasteiger partial charge on any atom is -0.382 e. The SMILES string of the molecule is COCCOCCCOCc1ccc(F)cc1CN. The Morgan fingerprint density at radius 2 is 1.84 bits per heavy atom. The molecule has 19 heavy (non-hydrogen) atoms. The van der Waals surface area contributed by atoms with Crippen molar-refractivity contribution >= 4 is 0 Å². The summed E-state index contributed by atoms with van der Waals surface area (Å²) in [6.45, 7) is 3.23. The second kappa shape index (κ2) is 9.86. The molecule has 0 saturated carbocycles. The number of nitrogens with two attached hydrogens (primary N) is 1. The van der Waals surface area contributed by atoms with Crippen LogP contribution in [0.4, 0.5) is 4.39 Å². The first-order valence-corrected chi connectivity index (χ1v) is 6.39. The topological polar surface area (TPSA) is 53.7 Å². The molecule has 0 aromatic heterocycles. The average molecular weight is 271 g/mol. The lowest BCUT2D eigenvalue weighted by Crippen LogP contribution is -2.07. The van der Waals surface area contributed by atoms with Gasteiger partial charge in [-0.1, -0.05) is 6.07 Å². The minimum atomic E-state index is -0.268. The Labute approximate surface area is 113 Å². The fraction of sp³-hybridized carbons (Fsp3) is 0.571. The summed E-state index contributed by atoms with van der Waals surface area (Å²) in [5.41, 5.74) is 7.29. The third-order valence-corrected chi connectivity index (χ3v) is 2.65. The second-order valence-corrected chi connectivity index (χ2v) is 4.13. The van der Waals surface area contributed by atoms with Gasteiger partial charge in [0, 0.05) is 26.9 Å². The molecule has 0 aliphatic rings.